The van der Waals surface area contributed by atoms with Crippen molar-refractivity contribution in [3.05, 3.63) is 53.8 Å². The molecule has 0 atom stereocenters. The lowest BCUT2D eigenvalue weighted by molar-refractivity contribution is -0.137. The Morgan fingerprint density at radius 3 is 2.55 bits per heavy atom. The van der Waals surface area contributed by atoms with Gasteiger partial charge in [0.25, 0.3) is 0 Å². The number of hydrogen-bond donors (Lipinski definition) is 0. The molecule has 0 amide bonds. The zero-order valence-electron chi connectivity index (χ0n) is 18.0. The summed E-state index contributed by atoms with van der Waals surface area (Å²) in [6, 6.07) is 5.66. The van der Waals surface area contributed by atoms with Gasteiger partial charge in [0.05, 0.1) is 16.8 Å². The molecule has 3 rings (SSSR count). The monoisotopic (exact) mass is 449 g/mol. The molecule has 4 nitrogen and oxygen atoms in total. The molecule has 167 valence electrons. The lowest BCUT2D eigenvalue weighted by atomic mass is 10.0. The van der Waals surface area contributed by atoms with Crippen molar-refractivity contribution in [2.75, 3.05) is 5.75 Å². The van der Waals surface area contributed by atoms with Crippen LogP contribution in [0.1, 0.15) is 63.6 Å². The lowest BCUT2D eigenvalue weighted by Gasteiger charge is -2.10. The van der Waals surface area contributed by atoms with Crippen molar-refractivity contribution in [2.24, 2.45) is 0 Å². The van der Waals surface area contributed by atoms with Gasteiger partial charge in [0.1, 0.15) is 0 Å². The minimum Gasteiger partial charge on any atom is -0.256 e. The molecular weight excluding hydrogens is 421 g/mol. The molecule has 1 aromatic carbocycles. The molecule has 2 aromatic heterocycles. The van der Waals surface area contributed by atoms with Crippen LogP contribution < -0.4 is 0 Å². The number of unbranched alkanes of at least 4 members (excludes halogenated alkanes) is 3. The van der Waals surface area contributed by atoms with Crippen LogP contribution in [0.4, 0.5) is 13.2 Å². The molecule has 0 N–H and O–H groups in total. The molecule has 0 fully saturated rings. The van der Waals surface area contributed by atoms with Crippen LogP contribution in [0.2, 0.25) is 0 Å². The van der Waals surface area contributed by atoms with Gasteiger partial charge in [-0.2, -0.15) is 13.2 Å². The molecular formula is C23H28F3N4S. The average molecular weight is 450 g/mol. The summed E-state index contributed by atoms with van der Waals surface area (Å²) < 4.78 is 40.6. The predicted octanol–water partition coefficient (Wildman–Crippen LogP) is 6.94. The van der Waals surface area contributed by atoms with Crippen molar-refractivity contribution in [1.29, 1.82) is 0 Å². The predicted molar refractivity (Wildman–Crippen MR) is 119 cm³/mol. The van der Waals surface area contributed by atoms with Crippen LogP contribution in [0.3, 0.4) is 0 Å². The largest absolute Gasteiger partial charge is 0.416 e. The first-order chi connectivity index (χ1) is 14.9. The molecule has 1 radical (unpaired) electrons. The lowest BCUT2D eigenvalue weighted by Crippen LogP contribution is -2.04. The Labute approximate surface area is 185 Å². The number of alkyl halides is 3. The third-order valence-electron chi connectivity index (χ3n) is 5.32. The van der Waals surface area contributed by atoms with Crippen molar-refractivity contribution in [1.82, 2.24) is 20.0 Å². The Bertz CT molecular complexity index is 967. The standard InChI is InChI=1S/C23H28F3N4S/c1-3-17(4-2)21-16-30(29-28-21)13-7-5-6-8-14-31-22-11-12-27-20-15-18(23(24,25)26)9-10-19(20)22/h9-12,15-16H,3-8,13-14H2,1-2H3. The molecule has 0 bridgehead atoms. The molecule has 0 aliphatic rings. The van der Waals surface area contributed by atoms with Crippen LogP contribution in [0.5, 0.6) is 0 Å². The van der Waals surface area contributed by atoms with E-state index in [1.54, 1.807) is 18.0 Å². The Morgan fingerprint density at radius 2 is 1.81 bits per heavy atom. The van der Waals surface area contributed by atoms with Crippen molar-refractivity contribution in [2.45, 2.75) is 70.0 Å². The number of thioether (sulfide) groups is 1. The Kier molecular flexibility index (Phi) is 8.35. The van der Waals surface area contributed by atoms with Crippen LogP contribution in [0, 0.1) is 5.92 Å². The summed E-state index contributed by atoms with van der Waals surface area (Å²) in [5.74, 6) is 2.26. The number of nitrogens with zero attached hydrogens (tertiary/aromatic N) is 4. The third kappa shape index (κ3) is 6.45. The van der Waals surface area contributed by atoms with Gasteiger partial charge < -0.3 is 0 Å². The zero-order valence-corrected chi connectivity index (χ0v) is 18.8. The van der Waals surface area contributed by atoms with E-state index in [0.717, 1.165) is 78.9 Å². The van der Waals surface area contributed by atoms with E-state index in [1.807, 2.05) is 16.9 Å². The van der Waals surface area contributed by atoms with Gasteiger partial charge >= 0.3 is 6.18 Å². The Hall–Kier alpha value is -2.09. The van der Waals surface area contributed by atoms with Crippen LogP contribution in [0.25, 0.3) is 10.9 Å². The Balaban J connectivity index is 1.41. The number of benzene rings is 1. The first kappa shape index (κ1) is 23.6. The van der Waals surface area contributed by atoms with Gasteiger partial charge in [-0.3, -0.25) is 9.67 Å². The molecule has 8 heteroatoms. The summed E-state index contributed by atoms with van der Waals surface area (Å²) in [7, 11) is 0. The highest BCUT2D eigenvalue weighted by Gasteiger charge is 2.30. The molecule has 0 saturated carbocycles. The number of pyridine rings is 1. The van der Waals surface area contributed by atoms with Crippen LogP contribution >= 0.6 is 11.8 Å². The molecule has 0 saturated heterocycles. The SMILES string of the molecule is CC[C](CC)c1cn(CCCCCCSc2ccnc3cc(C(F)(F)F)ccc23)nn1. The van der Waals surface area contributed by atoms with E-state index in [-0.39, 0.29) is 0 Å². The molecule has 0 aliphatic heterocycles. The number of aromatic nitrogens is 4. The number of fused-ring (bicyclic) bond motifs is 1. The summed E-state index contributed by atoms with van der Waals surface area (Å²) >= 11 is 1.68. The highest BCUT2D eigenvalue weighted by Crippen LogP contribution is 2.34. The van der Waals surface area contributed by atoms with Gasteiger partial charge in [-0.1, -0.05) is 38.0 Å². The highest BCUT2D eigenvalue weighted by molar-refractivity contribution is 7.99. The fraction of sp³-hybridized carbons (Fsp3) is 0.478. The fourth-order valence-electron chi connectivity index (χ4n) is 3.52. The first-order valence-corrected chi connectivity index (χ1v) is 11.7. The second kappa shape index (κ2) is 11.0. The van der Waals surface area contributed by atoms with E-state index >= 15 is 0 Å². The molecule has 2 heterocycles. The van der Waals surface area contributed by atoms with Gasteiger partial charge in [-0.05, 0) is 49.6 Å². The zero-order chi connectivity index (χ0) is 22.3. The summed E-state index contributed by atoms with van der Waals surface area (Å²) in [6.07, 6.45) is 5.61. The van der Waals surface area contributed by atoms with Gasteiger partial charge in [-0.25, -0.2) is 0 Å². The first-order valence-electron chi connectivity index (χ1n) is 10.8. The van der Waals surface area contributed by atoms with E-state index in [2.05, 4.69) is 29.1 Å². The van der Waals surface area contributed by atoms with E-state index in [9.17, 15) is 13.2 Å². The fourth-order valence-corrected chi connectivity index (χ4v) is 4.57. The maximum absolute atomic E-state index is 12.9. The van der Waals surface area contributed by atoms with Crippen molar-refractivity contribution < 1.29 is 13.2 Å². The van der Waals surface area contributed by atoms with Gasteiger partial charge in [0.15, 0.2) is 0 Å². The third-order valence-corrected chi connectivity index (χ3v) is 6.48. The van der Waals surface area contributed by atoms with E-state index in [0.29, 0.717) is 5.52 Å². The number of halogens is 3. The second-order valence-electron chi connectivity index (χ2n) is 7.48. The van der Waals surface area contributed by atoms with Crippen molar-refractivity contribution in [3.8, 4) is 0 Å². The maximum Gasteiger partial charge on any atom is 0.416 e. The van der Waals surface area contributed by atoms with Crippen molar-refractivity contribution in [3.63, 3.8) is 0 Å². The summed E-state index contributed by atoms with van der Waals surface area (Å²) in [4.78, 5) is 5.09. The molecule has 0 spiro atoms. The maximum atomic E-state index is 12.9. The van der Waals surface area contributed by atoms with E-state index in [1.165, 1.54) is 12.0 Å². The average Bonchev–Trinajstić information content (AvgIpc) is 3.21. The van der Waals surface area contributed by atoms with Crippen LogP contribution in [-0.4, -0.2) is 25.7 Å². The summed E-state index contributed by atoms with van der Waals surface area (Å²) in [5.41, 5.74) is 0.736. The molecule has 0 unspecified atom stereocenters. The summed E-state index contributed by atoms with van der Waals surface area (Å²) in [6.45, 7) is 5.16. The number of rotatable bonds is 11. The normalized spacial score (nSPS) is 12.2. The molecule has 3 aromatic rings. The van der Waals surface area contributed by atoms with E-state index in [4.69, 9.17) is 0 Å². The second-order valence-corrected chi connectivity index (χ2v) is 8.62. The number of hydrogen-bond acceptors (Lipinski definition) is 4. The van der Waals surface area contributed by atoms with Gasteiger partial charge in [0, 0.05) is 35.1 Å². The van der Waals surface area contributed by atoms with Gasteiger partial charge in [0.2, 0.25) is 0 Å². The minimum absolute atomic E-state index is 0.388. The van der Waals surface area contributed by atoms with Crippen molar-refractivity contribution >= 4 is 22.7 Å². The topological polar surface area (TPSA) is 43.6 Å². The highest BCUT2D eigenvalue weighted by atomic mass is 32.2. The molecule has 31 heavy (non-hydrogen) atoms. The molecule has 0 aliphatic carbocycles. The van der Waals surface area contributed by atoms with Crippen LogP contribution in [0.15, 0.2) is 41.6 Å². The summed E-state index contributed by atoms with van der Waals surface area (Å²) in [5, 5.41) is 9.27. The van der Waals surface area contributed by atoms with E-state index < -0.39 is 11.7 Å². The smallest absolute Gasteiger partial charge is 0.256 e. The minimum atomic E-state index is -4.35. The van der Waals surface area contributed by atoms with Crippen LogP contribution in [-0.2, 0) is 12.7 Å². The number of aryl methyl sites for hydroxylation is 1. The Morgan fingerprint density at radius 1 is 1.03 bits per heavy atom. The van der Waals surface area contributed by atoms with Gasteiger partial charge in [-0.15, -0.1) is 16.9 Å². The quantitative estimate of drug-likeness (QED) is 0.235.